The topological polar surface area (TPSA) is 55.4 Å². The summed E-state index contributed by atoms with van der Waals surface area (Å²) in [6.45, 7) is 0.116. The third-order valence-electron chi connectivity index (χ3n) is 3.95. The molecule has 2 aliphatic rings. The van der Waals surface area contributed by atoms with Gasteiger partial charge in [0.05, 0.1) is 0 Å². The molecule has 6 nitrogen and oxygen atoms in total. The van der Waals surface area contributed by atoms with Gasteiger partial charge >= 0.3 is 12.0 Å². The lowest BCUT2D eigenvalue weighted by molar-refractivity contribution is -0.419. The molecule has 0 amide bonds. The van der Waals surface area contributed by atoms with E-state index >= 15 is 0 Å². The van der Waals surface area contributed by atoms with E-state index in [9.17, 15) is 13.2 Å². The van der Waals surface area contributed by atoms with Crippen LogP contribution in [0.1, 0.15) is 37.7 Å². The predicted octanol–water partition coefficient (Wildman–Crippen LogP) is 3.92. The van der Waals surface area contributed by atoms with Gasteiger partial charge in [0.25, 0.3) is 0 Å². The van der Waals surface area contributed by atoms with E-state index in [1.165, 1.54) is 24.3 Å². The molecule has 0 aromatic heterocycles. The summed E-state index contributed by atoms with van der Waals surface area (Å²) in [6.07, 6.45) is -3.12. The van der Waals surface area contributed by atoms with Crippen molar-refractivity contribution >= 4 is 0 Å². The summed E-state index contributed by atoms with van der Waals surface area (Å²) in [7, 11) is 0. The first-order valence-electron chi connectivity index (χ1n) is 8.06. The van der Waals surface area contributed by atoms with Crippen molar-refractivity contribution in [3.63, 3.8) is 0 Å². The number of halogens is 3. The van der Waals surface area contributed by atoms with Crippen molar-refractivity contribution in [1.82, 2.24) is 0 Å². The van der Waals surface area contributed by atoms with Crippen LogP contribution in [-0.4, -0.2) is 25.5 Å². The van der Waals surface area contributed by atoms with Crippen LogP contribution in [0.4, 0.5) is 13.2 Å². The minimum absolute atomic E-state index is 0.116. The Hall–Kier alpha value is -1.23. The van der Waals surface area contributed by atoms with E-state index in [-0.39, 0.29) is 25.1 Å². The highest BCUT2D eigenvalue weighted by Crippen LogP contribution is 2.48. The van der Waals surface area contributed by atoms with Crippen LogP contribution in [0.3, 0.4) is 0 Å². The summed E-state index contributed by atoms with van der Waals surface area (Å²) in [4.78, 5) is 18.9. The molecule has 0 saturated carbocycles. The van der Waals surface area contributed by atoms with Crippen molar-refractivity contribution in [2.75, 3.05) is 6.79 Å². The van der Waals surface area contributed by atoms with Crippen LogP contribution >= 0.6 is 0 Å². The van der Waals surface area contributed by atoms with E-state index < -0.39 is 18.3 Å². The van der Waals surface area contributed by atoms with Crippen molar-refractivity contribution < 1.29 is 42.2 Å². The number of alkyl halides is 3. The third-order valence-corrected chi connectivity index (χ3v) is 3.95. The minimum Gasteiger partial charge on any atom is -0.320 e. The lowest BCUT2D eigenvalue weighted by Crippen LogP contribution is -2.43. The van der Waals surface area contributed by atoms with Crippen LogP contribution in [0.15, 0.2) is 30.3 Å². The Kier molecular flexibility index (Phi) is 5.92. The fraction of sp³-hybridized carbons (Fsp3) is 0.625. The van der Waals surface area contributed by atoms with Crippen LogP contribution in [0, 0.1) is 0 Å². The first-order chi connectivity index (χ1) is 12.0. The van der Waals surface area contributed by atoms with Gasteiger partial charge in [0.15, 0.2) is 19.4 Å². The van der Waals surface area contributed by atoms with Crippen molar-refractivity contribution in [2.45, 2.75) is 56.6 Å². The Balaban J connectivity index is 1.48. The van der Waals surface area contributed by atoms with E-state index in [2.05, 4.69) is 9.78 Å². The van der Waals surface area contributed by atoms with Crippen molar-refractivity contribution in [2.24, 2.45) is 0 Å². The molecule has 140 valence electrons. The molecule has 0 aliphatic carbocycles. The Bertz CT molecular complexity index is 534. The van der Waals surface area contributed by atoms with Crippen molar-refractivity contribution in [1.29, 1.82) is 0 Å². The van der Waals surface area contributed by atoms with Crippen LogP contribution < -0.4 is 0 Å². The lowest BCUT2D eigenvalue weighted by Gasteiger charge is -2.27. The molecule has 3 unspecified atom stereocenters. The number of hydrogen-bond donors (Lipinski definition) is 0. The molecule has 0 bridgehead atoms. The monoisotopic (exact) mass is 364 g/mol. The highest BCUT2D eigenvalue weighted by molar-refractivity contribution is 5.22. The lowest BCUT2D eigenvalue weighted by atomic mass is 10.1. The molecule has 2 fully saturated rings. The predicted molar refractivity (Wildman–Crippen MR) is 76.2 cm³/mol. The Morgan fingerprint density at radius 2 is 1.68 bits per heavy atom. The zero-order valence-electron chi connectivity index (χ0n) is 13.4. The van der Waals surface area contributed by atoms with Crippen molar-refractivity contribution in [3.8, 4) is 0 Å². The average molecular weight is 364 g/mol. The number of rotatable bonds is 7. The maximum absolute atomic E-state index is 13.5. The zero-order chi connectivity index (χ0) is 17.8. The Morgan fingerprint density at radius 1 is 0.960 bits per heavy atom. The molecule has 0 radical (unpaired) electrons. The van der Waals surface area contributed by atoms with Gasteiger partial charge in [0.2, 0.25) is 0 Å². The van der Waals surface area contributed by atoms with E-state index in [4.69, 9.17) is 19.2 Å². The van der Waals surface area contributed by atoms with E-state index in [1.54, 1.807) is 6.07 Å². The molecule has 2 aliphatic heterocycles. The molecule has 1 aromatic rings. The molecule has 25 heavy (non-hydrogen) atoms. The molecule has 2 saturated heterocycles. The molecular weight excluding hydrogens is 345 g/mol. The van der Waals surface area contributed by atoms with Crippen LogP contribution in [-0.2, 0) is 34.8 Å². The summed E-state index contributed by atoms with van der Waals surface area (Å²) >= 11 is 0. The summed E-state index contributed by atoms with van der Waals surface area (Å²) < 4.78 is 50.8. The van der Waals surface area contributed by atoms with Gasteiger partial charge in [0, 0.05) is 18.4 Å². The molecule has 0 N–H and O–H groups in total. The summed E-state index contributed by atoms with van der Waals surface area (Å²) in [5, 5.41) is 0. The molecule has 3 rings (SSSR count). The number of unbranched alkanes of at least 4 members (excludes halogenated alkanes) is 2. The Morgan fingerprint density at radius 3 is 2.32 bits per heavy atom. The maximum Gasteiger partial charge on any atom is 0.451 e. The molecule has 9 heteroatoms. The number of hydrogen-bond acceptors (Lipinski definition) is 6. The van der Waals surface area contributed by atoms with Gasteiger partial charge in [-0.3, -0.25) is 0 Å². The molecule has 3 atom stereocenters. The van der Waals surface area contributed by atoms with Gasteiger partial charge in [-0.15, -0.1) is 0 Å². The second-order valence-corrected chi connectivity index (χ2v) is 5.77. The van der Waals surface area contributed by atoms with Gasteiger partial charge < -0.3 is 9.47 Å². The van der Waals surface area contributed by atoms with E-state index in [0.29, 0.717) is 12.8 Å². The van der Waals surface area contributed by atoms with Gasteiger partial charge in [0.1, 0.15) is 0 Å². The second-order valence-electron chi connectivity index (χ2n) is 5.77. The molecular formula is C16H19F3O6. The first kappa shape index (κ1) is 18.6. The van der Waals surface area contributed by atoms with E-state index in [1.807, 2.05) is 0 Å². The highest BCUT2D eigenvalue weighted by atomic mass is 19.4. The van der Waals surface area contributed by atoms with Gasteiger partial charge in [-0.1, -0.05) is 36.8 Å². The standard InChI is InChI=1S/C16H19F3O6/c17-16(18,19)15(12-7-3-1-4-8-12)22-14(24-25-15)10-6-2-5-9-13-20-11-21-23-13/h1,3-4,7-8,13-14H,2,5-6,9-11H2. The van der Waals surface area contributed by atoms with Crippen LogP contribution in [0.2, 0.25) is 0 Å². The fourth-order valence-corrected chi connectivity index (χ4v) is 2.67. The normalized spacial score (nSPS) is 30.0. The third kappa shape index (κ3) is 4.30. The fourth-order valence-electron chi connectivity index (χ4n) is 2.67. The van der Waals surface area contributed by atoms with Gasteiger partial charge in [-0.05, 0) is 12.8 Å². The molecule has 0 spiro atoms. The number of benzene rings is 1. The summed E-state index contributed by atoms with van der Waals surface area (Å²) in [5.41, 5.74) is -0.152. The zero-order valence-corrected chi connectivity index (χ0v) is 13.4. The minimum atomic E-state index is -4.76. The largest absolute Gasteiger partial charge is 0.451 e. The Labute approximate surface area is 142 Å². The van der Waals surface area contributed by atoms with Gasteiger partial charge in [-0.2, -0.15) is 18.1 Å². The smallest absolute Gasteiger partial charge is 0.320 e. The van der Waals surface area contributed by atoms with E-state index in [0.717, 1.165) is 12.8 Å². The SMILES string of the molecule is FC(F)(F)C1(c2ccccc2)OOC(CCCCCC2OCOO2)O1. The average Bonchev–Trinajstić information content (AvgIpc) is 3.25. The van der Waals surface area contributed by atoms with Gasteiger partial charge in [-0.25, -0.2) is 14.7 Å². The summed E-state index contributed by atoms with van der Waals surface area (Å²) in [5.74, 6) is -2.89. The quantitative estimate of drug-likeness (QED) is 0.540. The second kappa shape index (κ2) is 7.98. The summed E-state index contributed by atoms with van der Waals surface area (Å²) in [6, 6.07) is 7.18. The van der Waals surface area contributed by atoms with Crippen LogP contribution in [0.5, 0.6) is 0 Å². The first-order valence-corrected chi connectivity index (χ1v) is 8.06. The number of ether oxygens (including phenoxy) is 2. The highest BCUT2D eigenvalue weighted by Gasteiger charge is 2.65. The molecule has 2 heterocycles. The molecule has 1 aromatic carbocycles. The van der Waals surface area contributed by atoms with Crippen molar-refractivity contribution in [3.05, 3.63) is 35.9 Å². The van der Waals surface area contributed by atoms with Crippen LogP contribution in [0.25, 0.3) is 0 Å². The maximum atomic E-state index is 13.5.